The average molecular weight is 355 g/mol. The normalized spacial score (nSPS) is 18.6. The van der Waals surface area contributed by atoms with Gasteiger partial charge in [0.25, 0.3) is 5.91 Å². The van der Waals surface area contributed by atoms with Crippen LogP contribution in [-0.2, 0) is 11.3 Å². The highest BCUT2D eigenvalue weighted by molar-refractivity contribution is 9.10. The van der Waals surface area contributed by atoms with Crippen molar-refractivity contribution in [2.75, 3.05) is 20.1 Å². The number of hydrogen-bond donors (Lipinski definition) is 1. The summed E-state index contributed by atoms with van der Waals surface area (Å²) in [5, 5.41) is 3.42. The minimum Gasteiger partial charge on any atom is -0.481 e. The van der Waals surface area contributed by atoms with E-state index in [0.29, 0.717) is 5.92 Å². The number of carbonyl (C=O) groups is 1. The van der Waals surface area contributed by atoms with Gasteiger partial charge < -0.3 is 15.0 Å². The summed E-state index contributed by atoms with van der Waals surface area (Å²) in [6.45, 7) is 6.90. The number of likely N-dealkylation sites (N-methyl/N-ethyl adjacent to an activating group) is 1. The highest BCUT2D eigenvalue weighted by Gasteiger charge is 2.30. The lowest BCUT2D eigenvalue weighted by Crippen LogP contribution is -2.29. The third-order valence-corrected chi connectivity index (χ3v) is 4.32. The fourth-order valence-electron chi connectivity index (χ4n) is 2.32. The van der Waals surface area contributed by atoms with Crippen LogP contribution in [0.2, 0.25) is 0 Å². The standard InChI is InChI=1S/C16H23BrN2O2/c1-11(2)9-18-10-12-8-13(4-5-14(12)17)21-15-6-7-19(3)16(15)20/h4-5,8,11,15,18H,6-7,9-10H2,1-3H3. The molecular formula is C16H23BrN2O2. The number of benzene rings is 1. The molecule has 1 amide bonds. The molecule has 1 fully saturated rings. The van der Waals surface area contributed by atoms with Gasteiger partial charge in [0.2, 0.25) is 0 Å². The van der Waals surface area contributed by atoms with Crippen molar-refractivity contribution in [1.29, 1.82) is 0 Å². The maximum atomic E-state index is 11.9. The summed E-state index contributed by atoms with van der Waals surface area (Å²) in [6, 6.07) is 5.88. The van der Waals surface area contributed by atoms with E-state index in [0.717, 1.165) is 41.8 Å². The number of carbonyl (C=O) groups excluding carboxylic acids is 1. The molecule has 1 N–H and O–H groups in total. The van der Waals surface area contributed by atoms with Crippen LogP contribution in [0.5, 0.6) is 5.75 Å². The molecule has 1 aromatic rings. The van der Waals surface area contributed by atoms with E-state index in [9.17, 15) is 4.79 Å². The molecule has 0 spiro atoms. The first kappa shape index (κ1) is 16.3. The molecule has 4 nitrogen and oxygen atoms in total. The van der Waals surface area contributed by atoms with Crippen molar-refractivity contribution < 1.29 is 9.53 Å². The fourth-order valence-corrected chi connectivity index (χ4v) is 2.71. The van der Waals surface area contributed by atoms with Crippen molar-refractivity contribution in [3.05, 3.63) is 28.2 Å². The molecule has 1 aromatic carbocycles. The Bertz CT molecular complexity index is 505. The number of rotatable bonds is 6. The van der Waals surface area contributed by atoms with E-state index in [1.807, 2.05) is 25.2 Å². The van der Waals surface area contributed by atoms with Crippen LogP contribution in [0.15, 0.2) is 22.7 Å². The van der Waals surface area contributed by atoms with Gasteiger partial charge in [-0.3, -0.25) is 4.79 Å². The maximum Gasteiger partial charge on any atom is 0.263 e. The van der Waals surface area contributed by atoms with E-state index >= 15 is 0 Å². The van der Waals surface area contributed by atoms with E-state index in [1.54, 1.807) is 4.90 Å². The first-order valence-corrected chi connectivity index (χ1v) is 8.17. The summed E-state index contributed by atoms with van der Waals surface area (Å²) < 4.78 is 6.90. The fraction of sp³-hybridized carbons (Fsp3) is 0.562. The van der Waals surface area contributed by atoms with Gasteiger partial charge in [-0.05, 0) is 36.2 Å². The molecular weight excluding hydrogens is 332 g/mol. The lowest BCUT2D eigenvalue weighted by atomic mass is 10.2. The second kappa shape index (κ2) is 7.27. The zero-order valence-corrected chi connectivity index (χ0v) is 14.4. The average Bonchev–Trinajstić information content (AvgIpc) is 2.74. The number of hydrogen-bond acceptors (Lipinski definition) is 3. The largest absolute Gasteiger partial charge is 0.481 e. The van der Waals surface area contributed by atoms with Gasteiger partial charge in [-0.25, -0.2) is 0 Å². The Hall–Kier alpha value is -1.07. The Balaban J connectivity index is 1.99. The summed E-state index contributed by atoms with van der Waals surface area (Å²) in [5.74, 6) is 1.44. The summed E-state index contributed by atoms with van der Waals surface area (Å²) >= 11 is 3.56. The number of ether oxygens (including phenoxy) is 1. The molecule has 1 saturated heterocycles. The molecule has 1 aliphatic rings. The van der Waals surface area contributed by atoms with Crippen LogP contribution in [0.3, 0.4) is 0 Å². The van der Waals surface area contributed by atoms with Gasteiger partial charge in [-0.15, -0.1) is 0 Å². The van der Waals surface area contributed by atoms with Crippen molar-refractivity contribution in [1.82, 2.24) is 10.2 Å². The molecule has 116 valence electrons. The highest BCUT2D eigenvalue weighted by Crippen LogP contribution is 2.25. The summed E-state index contributed by atoms with van der Waals surface area (Å²) in [5.41, 5.74) is 1.15. The van der Waals surface area contributed by atoms with Crippen molar-refractivity contribution in [3.63, 3.8) is 0 Å². The predicted octanol–water partition coefficient (Wildman–Crippen LogP) is 2.80. The molecule has 0 saturated carbocycles. The second-order valence-corrected chi connectivity index (χ2v) is 6.79. The predicted molar refractivity (Wildman–Crippen MR) is 87.4 cm³/mol. The Kier molecular flexibility index (Phi) is 5.65. The quantitative estimate of drug-likeness (QED) is 0.853. The molecule has 5 heteroatoms. The van der Waals surface area contributed by atoms with Crippen LogP contribution in [0.4, 0.5) is 0 Å². The van der Waals surface area contributed by atoms with E-state index in [-0.39, 0.29) is 12.0 Å². The third kappa shape index (κ3) is 4.45. The Morgan fingerprint density at radius 3 is 2.86 bits per heavy atom. The lowest BCUT2D eigenvalue weighted by Gasteiger charge is -2.15. The first-order chi connectivity index (χ1) is 9.97. The van der Waals surface area contributed by atoms with E-state index in [4.69, 9.17) is 4.74 Å². The zero-order chi connectivity index (χ0) is 15.4. The Morgan fingerprint density at radius 2 is 2.24 bits per heavy atom. The van der Waals surface area contributed by atoms with Crippen LogP contribution in [0.25, 0.3) is 0 Å². The molecule has 0 aromatic heterocycles. The molecule has 2 rings (SSSR count). The third-order valence-electron chi connectivity index (χ3n) is 3.54. The topological polar surface area (TPSA) is 41.6 Å². The van der Waals surface area contributed by atoms with Crippen molar-refractivity contribution in [2.24, 2.45) is 5.92 Å². The molecule has 21 heavy (non-hydrogen) atoms. The monoisotopic (exact) mass is 354 g/mol. The van der Waals surface area contributed by atoms with Crippen LogP contribution >= 0.6 is 15.9 Å². The summed E-state index contributed by atoms with van der Waals surface area (Å²) in [6.07, 6.45) is 0.416. The van der Waals surface area contributed by atoms with Gasteiger partial charge in [-0.1, -0.05) is 29.8 Å². The van der Waals surface area contributed by atoms with Crippen molar-refractivity contribution in [2.45, 2.75) is 32.9 Å². The summed E-state index contributed by atoms with van der Waals surface area (Å²) in [4.78, 5) is 13.6. The molecule has 0 bridgehead atoms. The number of likely N-dealkylation sites (tertiary alicyclic amines) is 1. The number of amides is 1. The Morgan fingerprint density at radius 1 is 1.48 bits per heavy atom. The number of nitrogens with zero attached hydrogens (tertiary/aromatic N) is 1. The lowest BCUT2D eigenvalue weighted by molar-refractivity contribution is -0.132. The molecule has 1 heterocycles. The minimum absolute atomic E-state index is 0.0670. The molecule has 0 radical (unpaired) electrons. The van der Waals surface area contributed by atoms with Gasteiger partial charge in [0.05, 0.1) is 0 Å². The number of nitrogens with one attached hydrogen (secondary N) is 1. The van der Waals surface area contributed by atoms with E-state index in [2.05, 4.69) is 35.1 Å². The van der Waals surface area contributed by atoms with Crippen LogP contribution < -0.4 is 10.1 Å². The van der Waals surface area contributed by atoms with Crippen LogP contribution in [-0.4, -0.2) is 37.0 Å². The van der Waals surface area contributed by atoms with E-state index < -0.39 is 0 Å². The maximum absolute atomic E-state index is 11.9. The molecule has 1 unspecified atom stereocenters. The van der Waals surface area contributed by atoms with Gasteiger partial charge in [-0.2, -0.15) is 0 Å². The van der Waals surface area contributed by atoms with Gasteiger partial charge >= 0.3 is 0 Å². The van der Waals surface area contributed by atoms with Gasteiger partial charge in [0, 0.05) is 31.0 Å². The molecule has 1 atom stereocenters. The van der Waals surface area contributed by atoms with Crippen LogP contribution in [0, 0.1) is 5.92 Å². The van der Waals surface area contributed by atoms with E-state index in [1.165, 1.54) is 0 Å². The summed E-state index contributed by atoms with van der Waals surface area (Å²) in [7, 11) is 1.81. The van der Waals surface area contributed by atoms with Gasteiger partial charge in [0.1, 0.15) is 5.75 Å². The highest BCUT2D eigenvalue weighted by atomic mass is 79.9. The molecule has 1 aliphatic heterocycles. The first-order valence-electron chi connectivity index (χ1n) is 7.38. The SMILES string of the molecule is CC(C)CNCc1cc(OC2CCN(C)C2=O)ccc1Br. The second-order valence-electron chi connectivity index (χ2n) is 5.93. The Labute approximate surface area is 135 Å². The van der Waals surface area contributed by atoms with Crippen molar-refractivity contribution in [3.8, 4) is 5.75 Å². The minimum atomic E-state index is -0.340. The van der Waals surface area contributed by atoms with Gasteiger partial charge in [0.15, 0.2) is 6.10 Å². The number of halogens is 1. The van der Waals surface area contributed by atoms with Crippen molar-refractivity contribution >= 4 is 21.8 Å². The van der Waals surface area contributed by atoms with Crippen LogP contribution in [0.1, 0.15) is 25.8 Å². The smallest absolute Gasteiger partial charge is 0.263 e. The molecule has 0 aliphatic carbocycles. The zero-order valence-electron chi connectivity index (χ0n) is 12.9.